The number of rotatable bonds is 8. The zero-order valence-electron chi connectivity index (χ0n) is 12.8. The summed E-state index contributed by atoms with van der Waals surface area (Å²) in [6.45, 7) is 1.28. The van der Waals surface area contributed by atoms with Crippen LogP contribution in [-0.2, 0) is 23.8 Å². The molecule has 5 heteroatoms. The van der Waals surface area contributed by atoms with E-state index in [2.05, 4.69) is 4.74 Å². The molecule has 1 spiro atoms. The molecule has 2 rings (SSSR count). The van der Waals surface area contributed by atoms with Crippen molar-refractivity contribution < 1.29 is 23.8 Å². The molecular formula is C16H26O5. The monoisotopic (exact) mass is 298 g/mol. The lowest BCUT2D eigenvalue weighted by molar-refractivity contribution is -0.187. The maximum Gasteiger partial charge on any atom is 0.305 e. The molecule has 2 unspecified atom stereocenters. The van der Waals surface area contributed by atoms with Crippen molar-refractivity contribution in [1.82, 2.24) is 0 Å². The number of esters is 1. The van der Waals surface area contributed by atoms with Crippen LogP contribution >= 0.6 is 0 Å². The average molecular weight is 298 g/mol. The zero-order chi connectivity index (χ0) is 15.1. The van der Waals surface area contributed by atoms with Gasteiger partial charge in [-0.1, -0.05) is 19.3 Å². The largest absolute Gasteiger partial charge is 0.469 e. The van der Waals surface area contributed by atoms with Gasteiger partial charge in [-0.3, -0.25) is 4.79 Å². The van der Waals surface area contributed by atoms with E-state index in [1.165, 1.54) is 7.11 Å². The number of hydrogen-bond donors (Lipinski definition) is 0. The summed E-state index contributed by atoms with van der Waals surface area (Å²) in [6.07, 6.45) is 8.23. The van der Waals surface area contributed by atoms with Crippen LogP contribution in [0.2, 0.25) is 0 Å². The smallest absolute Gasteiger partial charge is 0.305 e. The maximum atomic E-state index is 11.2. The molecule has 1 saturated carbocycles. The highest BCUT2D eigenvalue weighted by Gasteiger charge is 2.52. The van der Waals surface area contributed by atoms with Gasteiger partial charge in [0.25, 0.3) is 0 Å². The summed E-state index contributed by atoms with van der Waals surface area (Å²) < 4.78 is 16.3. The Kier molecular flexibility index (Phi) is 6.18. The molecule has 2 atom stereocenters. The molecule has 5 nitrogen and oxygen atoms in total. The van der Waals surface area contributed by atoms with Gasteiger partial charge in [-0.15, -0.1) is 0 Å². The molecule has 21 heavy (non-hydrogen) atoms. The Balaban J connectivity index is 1.70. The van der Waals surface area contributed by atoms with Crippen molar-refractivity contribution >= 4 is 12.3 Å². The van der Waals surface area contributed by atoms with Crippen molar-refractivity contribution in [1.29, 1.82) is 0 Å². The Labute approximate surface area is 126 Å². The van der Waals surface area contributed by atoms with Crippen LogP contribution in [0.4, 0.5) is 0 Å². The molecule has 1 aliphatic carbocycles. The van der Waals surface area contributed by atoms with Gasteiger partial charge < -0.3 is 19.0 Å². The Morgan fingerprint density at radius 2 is 1.95 bits per heavy atom. The topological polar surface area (TPSA) is 61.8 Å². The first-order valence-corrected chi connectivity index (χ1v) is 8.02. The van der Waals surface area contributed by atoms with Crippen molar-refractivity contribution in [2.75, 3.05) is 20.3 Å². The average Bonchev–Trinajstić information content (AvgIpc) is 3.11. The number of methoxy groups -OCH3 is 1. The van der Waals surface area contributed by atoms with Crippen LogP contribution in [-0.4, -0.2) is 38.4 Å². The van der Waals surface area contributed by atoms with Gasteiger partial charge in [-0.05, 0) is 19.3 Å². The van der Waals surface area contributed by atoms with Gasteiger partial charge in [0, 0.05) is 24.7 Å². The van der Waals surface area contributed by atoms with Crippen LogP contribution in [0, 0.1) is 11.8 Å². The molecule has 2 fully saturated rings. The lowest BCUT2D eigenvalue weighted by Gasteiger charge is -2.30. The van der Waals surface area contributed by atoms with Gasteiger partial charge in [0.05, 0.1) is 20.3 Å². The van der Waals surface area contributed by atoms with E-state index in [-0.39, 0.29) is 17.8 Å². The second-order valence-corrected chi connectivity index (χ2v) is 5.98. The molecule has 0 aromatic heterocycles. The number of carbonyl (C=O) groups excluding carboxylic acids is 2. The van der Waals surface area contributed by atoms with Crippen LogP contribution in [0.15, 0.2) is 0 Å². The van der Waals surface area contributed by atoms with Crippen LogP contribution in [0.1, 0.15) is 51.4 Å². The minimum Gasteiger partial charge on any atom is -0.469 e. The summed E-state index contributed by atoms with van der Waals surface area (Å²) in [4.78, 5) is 22.2. The quantitative estimate of drug-likeness (QED) is 0.391. The maximum absolute atomic E-state index is 11.2. The Bertz CT molecular complexity index is 349. The fraction of sp³-hybridized carbons (Fsp3) is 0.875. The normalized spacial score (nSPS) is 27.1. The third-order valence-corrected chi connectivity index (χ3v) is 4.73. The number of hydrogen-bond acceptors (Lipinski definition) is 5. The van der Waals surface area contributed by atoms with E-state index >= 15 is 0 Å². The number of carbonyl (C=O) groups is 2. The van der Waals surface area contributed by atoms with E-state index < -0.39 is 5.79 Å². The molecule has 0 N–H and O–H groups in total. The summed E-state index contributed by atoms with van der Waals surface area (Å²) in [5.41, 5.74) is 0. The standard InChI is InChI=1S/C16H26O5/c1-19-15(18)7-5-3-2-4-6-14-13(12-17)8-9-16(14)20-10-11-21-16/h12-14H,2-11H2,1H3. The summed E-state index contributed by atoms with van der Waals surface area (Å²) in [5.74, 6) is -0.368. The zero-order valence-corrected chi connectivity index (χ0v) is 12.8. The SMILES string of the molecule is COC(=O)CCCCCCC1C(C=O)CCC12OCCO2. The minimum atomic E-state index is -0.488. The highest BCUT2D eigenvalue weighted by Crippen LogP contribution is 2.47. The Hall–Kier alpha value is -0.940. The van der Waals surface area contributed by atoms with Crippen molar-refractivity contribution in [2.24, 2.45) is 11.8 Å². The fourth-order valence-electron chi connectivity index (χ4n) is 3.60. The van der Waals surface area contributed by atoms with Gasteiger partial charge in [0.1, 0.15) is 6.29 Å². The first-order valence-electron chi connectivity index (χ1n) is 8.02. The molecule has 0 amide bonds. The summed E-state index contributed by atoms with van der Waals surface area (Å²) in [6, 6.07) is 0. The Morgan fingerprint density at radius 1 is 1.24 bits per heavy atom. The van der Waals surface area contributed by atoms with Crippen molar-refractivity contribution in [2.45, 2.75) is 57.2 Å². The molecule has 0 aromatic rings. The molecule has 1 saturated heterocycles. The van der Waals surface area contributed by atoms with Crippen molar-refractivity contribution in [3.8, 4) is 0 Å². The number of aldehydes is 1. The summed E-state index contributed by atoms with van der Waals surface area (Å²) in [5, 5.41) is 0. The molecule has 2 aliphatic rings. The first kappa shape index (κ1) is 16.4. The third kappa shape index (κ3) is 4.04. The van der Waals surface area contributed by atoms with E-state index in [1.54, 1.807) is 0 Å². The van der Waals surface area contributed by atoms with Crippen molar-refractivity contribution in [3.05, 3.63) is 0 Å². The molecular weight excluding hydrogens is 272 g/mol. The van der Waals surface area contributed by atoms with Gasteiger partial charge in [-0.2, -0.15) is 0 Å². The molecule has 120 valence electrons. The number of unbranched alkanes of at least 4 members (excludes halogenated alkanes) is 3. The van der Waals surface area contributed by atoms with E-state index in [9.17, 15) is 9.59 Å². The highest BCUT2D eigenvalue weighted by molar-refractivity contribution is 5.68. The highest BCUT2D eigenvalue weighted by atomic mass is 16.7. The molecule has 1 heterocycles. The van der Waals surface area contributed by atoms with E-state index in [1.807, 2.05) is 0 Å². The molecule has 0 bridgehead atoms. The van der Waals surface area contributed by atoms with Crippen molar-refractivity contribution in [3.63, 3.8) is 0 Å². The molecule has 1 aliphatic heterocycles. The van der Waals surface area contributed by atoms with Crippen LogP contribution in [0.3, 0.4) is 0 Å². The lowest BCUT2D eigenvalue weighted by Crippen LogP contribution is -2.37. The fourth-order valence-corrected chi connectivity index (χ4v) is 3.60. The lowest BCUT2D eigenvalue weighted by atomic mass is 9.88. The van der Waals surface area contributed by atoms with Crippen LogP contribution < -0.4 is 0 Å². The number of ether oxygens (including phenoxy) is 3. The van der Waals surface area contributed by atoms with E-state index in [0.717, 1.165) is 51.2 Å². The van der Waals surface area contributed by atoms with Gasteiger partial charge in [-0.25, -0.2) is 0 Å². The minimum absolute atomic E-state index is 0.0677. The predicted octanol–water partition coefficient (Wildman–Crippen LogP) is 2.47. The summed E-state index contributed by atoms with van der Waals surface area (Å²) in [7, 11) is 1.42. The second kappa shape index (κ2) is 7.90. The van der Waals surface area contributed by atoms with Gasteiger partial charge in [0.15, 0.2) is 5.79 Å². The van der Waals surface area contributed by atoms with Crippen LogP contribution in [0.5, 0.6) is 0 Å². The van der Waals surface area contributed by atoms with Crippen LogP contribution in [0.25, 0.3) is 0 Å². The molecule has 0 radical (unpaired) electrons. The third-order valence-electron chi connectivity index (χ3n) is 4.73. The predicted molar refractivity (Wildman–Crippen MR) is 76.6 cm³/mol. The van der Waals surface area contributed by atoms with E-state index in [0.29, 0.717) is 19.6 Å². The first-order chi connectivity index (χ1) is 10.2. The van der Waals surface area contributed by atoms with Gasteiger partial charge in [0.2, 0.25) is 0 Å². The Morgan fingerprint density at radius 3 is 2.62 bits per heavy atom. The second-order valence-electron chi connectivity index (χ2n) is 5.98. The molecule has 0 aromatic carbocycles. The van der Waals surface area contributed by atoms with E-state index in [4.69, 9.17) is 9.47 Å². The summed E-state index contributed by atoms with van der Waals surface area (Å²) >= 11 is 0. The van der Waals surface area contributed by atoms with Gasteiger partial charge >= 0.3 is 5.97 Å².